The van der Waals surface area contributed by atoms with Crippen molar-refractivity contribution in [1.82, 2.24) is 73.2 Å². The predicted octanol–water partition coefficient (Wildman–Crippen LogP) is -6.07. The minimum Gasteiger partial charge on any atom is -0.481 e. The van der Waals surface area contributed by atoms with E-state index in [1.165, 1.54) is 9.80 Å². The van der Waals surface area contributed by atoms with Crippen molar-refractivity contribution in [3.05, 3.63) is 0 Å². The van der Waals surface area contributed by atoms with Crippen LogP contribution in [-0.4, -0.2) is 272 Å². The van der Waals surface area contributed by atoms with Gasteiger partial charge in [0.25, 0.3) is 0 Å². The Bertz CT molecular complexity index is 3110. The first-order chi connectivity index (χ1) is 49.8. The van der Waals surface area contributed by atoms with Crippen molar-refractivity contribution >= 4 is 113 Å². The van der Waals surface area contributed by atoms with Crippen LogP contribution in [0.5, 0.6) is 0 Å². The molecule has 0 unspecified atom stereocenters. The third-order valence-corrected chi connectivity index (χ3v) is 18.6. The second kappa shape index (κ2) is 45.0. The van der Waals surface area contributed by atoms with E-state index in [-0.39, 0.29) is 94.5 Å². The van der Waals surface area contributed by atoms with Crippen molar-refractivity contribution in [3.8, 4) is 0 Å². The Morgan fingerprint density at radius 3 is 1.32 bits per heavy atom. The van der Waals surface area contributed by atoms with Crippen LogP contribution in [0.3, 0.4) is 0 Å². The third-order valence-electron chi connectivity index (χ3n) is 18.2. The fraction of sp³-hybridized carbons (Fsp3) is 0.746. The van der Waals surface area contributed by atoms with Crippen molar-refractivity contribution in [2.75, 3.05) is 51.6 Å². The highest BCUT2D eigenvalue weighted by Gasteiger charge is 2.46. The molecule has 3 saturated heterocycles. The summed E-state index contributed by atoms with van der Waals surface area (Å²) in [5.41, 5.74) is 17.1. The van der Waals surface area contributed by atoms with Gasteiger partial charge in [-0.15, -0.1) is 0 Å². The lowest BCUT2D eigenvalue weighted by molar-refractivity contribution is -0.146. The second-order valence-corrected chi connectivity index (χ2v) is 28.8. The fourth-order valence-electron chi connectivity index (χ4n) is 12.4. The number of rotatable bonds is 45. The molecule has 106 heavy (non-hydrogen) atoms. The lowest BCUT2D eigenvalue weighted by atomic mass is 9.96. The summed E-state index contributed by atoms with van der Waals surface area (Å²) in [5, 5.41) is 65.5. The average molecular weight is 1520 g/mol. The van der Waals surface area contributed by atoms with Gasteiger partial charge >= 0.3 is 11.9 Å². The number of carbonyl (C=O) groups is 17. The number of nitrogens with two attached hydrogens (primary N) is 3. The Labute approximate surface area is 621 Å². The number of hydrogen-bond donors (Lipinski definition) is 19. The topological polar surface area (TPSA) is 591 Å². The molecule has 0 saturated carbocycles. The maximum Gasteiger partial charge on any atom is 0.328 e. The van der Waals surface area contributed by atoms with E-state index in [1.54, 1.807) is 55.4 Å². The molecule has 3 aliphatic heterocycles. The number of unbranched alkanes of at least 4 members (excludes halogenated alkanes) is 1. The van der Waals surface area contributed by atoms with Crippen molar-refractivity contribution in [1.29, 1.82) is 0 Å². The van der Waals surface area contributed by atoms with Gasteiger partial charge in [0.05, 0.1) is 44.7 Å². The van der Waals surface area contributed by atoms with Crippen LogP contribution in [0.1, 0.15) is 159 Å². The molecule has 15 atom stereocenters. The zero-order chi connectivity index (χ0) is 80.0. The number of aliphatic hydroxyl groups excluding tert-OH is 2. The summed E-state index contributed by atoms with van der Waals surface area (Å²) in [7, 11) is 0. The van der Waals surface area contributed by atoms with Gasteiger partial charge in [0.15, 0.2) is 6.04 Å². The molecule has 0 aromatic heterocycles. The van der Waals surface area contributed by atoms with E-state index in [0.29, 0.717) is 38.6 Å². The van der Waals surface area contributed by atoms with E-state index in [2.05, 4.69) is 60.5 Å². The molecule has 3 aliphatic rings. The van der Waals surface area contributed by atoms with Crippen LogP contribution < -0.4 is 75.7 Å². The Morgan fingerprint density at radius 1 is 0.481 bits per heavy atom. The number of nitrogens with zero attached hydrogens (tertiary/aromatic N) is 3. The highest BCUT2D eigenvalue weighted by molar-refractivity contribution is 7.80. The lowest BCUT2D eigenvalue weighted by Gasteiger charge is -2.34. The van der Waals surface area contributed by atoms with Crippen molar-refractivity contribution in [2.45, 2.75) is 243 Å². The number of carboxylic acids is 2. The van der Waals surface area contributed by atoms with Gasteiger partial charge in [-0.05, 0) is 114 Å². The summed E-state index contributed by atoms with van der Waals surface area (Å²) >= 11 is 4.00. The number of aliphatic hydroxyl groups is 2. The minimum absolute atomic E-state index is 0.00313. The maximum absolute atomic E-state index is 14.7. The maximum atomic E-state index is 14.7. The third kappa shape index (κ3) is 29.2. The molecular weight excluding hydrogens is 1410 g/mol. The van der Waals surface area contributed by atoms with Gasteiger partial charge in [-0.25, -0.2) is 4.79 Å². The number of nitrogens with one attached hydrogen (secondary N) is 11. The second-order valence-electron chi connectivity index (χ2n) is 28.4. The average Bonchev–Trinajstić information content (AvgIpc) is 1.62. The van der Waals surface area contributed by atoms with Gasteiger partial charge in [-0.1, -0.05) is 61.8 Å². The van der Waals surface area contributed by atoms with Crippen LogP contribution in [0.25, 0.3) is 0 Å². The van der Waals surface area contributed by atoms with Crippen molar-refractivity contribution in [2.24, 2.45) is 40.9 Å². The van der Waals surface area contributed by atoms with Crippen LogP contribution in [0, 0.1) is 23.7 Å². The van der Waals surface area contributed by atoms with E-state index >= 15 is 0 Å². The fourth-order valence-corrected chi connectivity index (χ4v) is 12.6. The SMILES string of the molecule is CC[C@H](C)[C@H](NC(=O)[C@@H]1CCCN1C(=O)[C@H](CCCCN)NC(=O)CNC(=O)[C@@H](N)CS)C(=O)N1CCC[C@H]1C(=O)N[C@@H](CC(N)=O)C(=O)N1CCC[C@H]1C(=O)N[C@@H](CC(C)C)C(=O)N[C@@H](CC(C)C)C(=O)NCC(=O)N[C@@H](CC(C)C)C(=O)N[C@@H](CC(=O)O)C(=O)N[C@@H](CO)C(=O)N[C@H](C(=O)O)[C@@H](C)O. The summed E-state index contributed by atoms with van der Waals surface area (Å²) in [5.74, 6) is -17.6. The molecule has 3 fully saturated rings. The van der Waals surface area contributed by atoms with E-state index in [9.17, 15) is 102 Å². The number of amides is 15. The van der Waals surface area contributed by atoms with Crippen LogP contribution in [0.2, 0.25) is 0 Å². The van der Waals surface area contributed by atoms with Crippen LogP contribution in [0.4, 0.5) is 0 Å². The minimum atomic E-state index is -1.94. The number of likely N-dealkylation sites (tertiary alicyclic amines) is 3. The predicted molar refractivity (Wildman–Crippen MR) is 383 cm³/mol. The van der Waals surface area contributed by atoms with Crippen LogP contribution in [-0.2, 0) is 81.5 Å². The number of hydrogen-bond acceptors (Lipinski definition) is 22. The number of carbonyl (C=O) groups excluding carboxylic acids is 15. The Hall–Kier alpha value is -8.82. The van der Waals surface area contributed by atoms with Crippen molar-refractivity contribution in [3.63, 3.8) is 0 Å². The van der Waals surface area contributed by atoms with E-state index in [4.69, 9.17) is 17.2 Å². The van der Waals surface area contributed by atoms with E-state index in [1.807, 2.05) is 10.6 Å². The van der Waals surface area contributed by atoms with Crippen LogP contribution in [0.15, 0.2) is 0 Å². The molecular formula is C67H113N17O21S. The highest BCUT2D eigenvalue weighted by atomic mass is 32.1. The molecule has 3 rings (SSSR count). The Balaban J connectivity index is 1.78. The molecule has 0 aliphatic carbocycles. The largest absolute Gasteiger partial charge is 0.481 e. The molecule has 0 aromatic rings. The standard InChI is InChI=1S/C67H113N17O21S/c1-10-36(8)53(80-63(100)48-19-14-21-82(48)64(101)39(16-11-12-20-68)73-50(88)29-71-55(92)38(69)32-106)66(103)84-23-15-18-47(84)62(99)78-44(27-49(70)87)65(102)83-22-13-17-46(83)61(98)77-42(26-35(6)7)58(95)75-40(24-33(2)3)56(93)72-30-51(89)74-41(25-34(4)5)57(94)76-43(28-52(90)91)59(96)79-45(31-85)60(97)81-54(37(9)86)67(104)105/h33-48,53-54,85-86,106H,10-32,68-69H2,1-9H3,(H2,70,87)(H,71,92)(H,72,93)(H,73,88)(H,74,89)(H,75,95)(H,76,94)(H,77,98)(H,78,99)(H,79,96)(H,80,100)(H,81,97)(H,90,91)(H,104,105)/t36-,37+,38-,39-,40-,41-,42-,43-,44-,45-,46-,47-,48-,53-,54-/m0/s1. The summed E-state index contributed by atoms with van der Waals surface area (Å²) < 4.78 is 0. The van der Waals surface area contributed by atoms with E-state index in [0.717, 1.165) is 11.8 Å². The lowest BCUT2D eigenvalue weighted by Crippen LogP contribution is -2.61. The highest BCUT2D eigenvalue weighted by Crippen LogP contribution is 2.26. The van der Waals surface area contributed by atoms with Gasteiger partial charge in [0.1, 0.15) is 66.5 Å². The van der Waals surface area contributed by atoms with Gasteiger partial charge in [-0.3, -0.25) is 76.7 Å². The molecule has 0 aromatic carbocycles. The first-order valence-corrected chi connectivity index (χ1v) is 36.7. The molecule has 0 spiro atoms. The monoisotopic (exact) mass is 1520 g/mol. The normalized spacial score (nSPS) is 19.1. The summed E-state index contributed by atoms with van der Waals surface area (Å²) in [6.45, 7) is 13.0. The number of aliphatic carboxylic acids is 2. The zero-order valence-corrected chi connectivity index (χ0v) is 62.8. The molecule has 0 bridgehead atoms. The summed E-state index contributed by atoms with van der Waals surface area (Å²) in [6, 6.07) is -18.3. The molecule has 38 nitrogen and oxygen atoms in total. The Morgan fingerprint density at radius 2 is 0.887 bits per heavy atom. The summed E-state index contributed by atoms with van der Waals surface area (Å²) in [4.78, 5) is 234. The van der Waals surface area contributed by atoms with E-state index < -0.39 is 224 Å². The van der Waals surface area contributed by atoms with Gasteiger partial charge in [-0.2, -0.15) is 12.6 Å². The van der Waals surface area contributed by atoms with Gasteiger partial charge in [0, 0.05) is 25.4 Å². The molecule has 39 heteroatoms. The van der Waals surface area contributed by atoms with Gasteiger partial charge < -0.3 is 111 Å². The first kappa shape index (κ1) is 91.4. The quantitative estimate of drug-likeness (QED) is 0.0199. The summed E-state index contributed by atoms with van der Waals surface area (Å²) in [6.07, 6.45) is -0.642. The van der Waals surface area contributed by atoms with Crippen LogP contribution >= 0.6 is 12.6 Å². The van der Waals surface area contributed by atoms with Gasteiger partial charge in [0.2, 0.25) is 88.6 Å². The smallest absolute Gasteiger partial charge is 0.328 e. The number of thiol groups is 1. The molecule has 0 radical (unpaired) electrons. The molecule has 598 valence electrons. The zero-order valence-electron chi connectivity index (χ0n) is 61.9. The number of primary amides is 1. The first-order valence-electron chi connectivity index (χ1n) is 36.1. The van der Waals surface area contributed by atoms with Crippen molar-refractivity contribution < 1.29 is 102 Å². The molecule has 15 amide bonds. The molecule has 3 heterocycles. The number of carboxylic acid groups (broad SMARTS) is 2. The Kier molecular flexibility index (Phi) is 38.8. The molecule has 21 N–H and O–H groups in total.